The Labute approximate surface area is 203 Å². The van der Waals surface area contributed by atoms with Crippen molar-refractivity contribution in [3.05, 3.63) is 58.7 Å². The maximum atomic E-state index is 13.2. The number of rotatable bonds is 6. The summed E-state index contributed by atoms with van der Waals surface area (Å²) in [6, 6.07) is 8.56. The summed E-state index contributed by atoms with van der Waals surface area (Å²) in [6.45, 7) is 19.7. The zero-order chi connectivity index (χ0) is 24.6. The van der Waals surface area contributed by atoms with Crippen molar-refractivity contribution in [2.75, 3.05) is 32.7 Å². The monoisotopic (exact) mass is 462 g/mol. The molecule has 0 aromatic carbocycles. The van der Waals surface area contributed by atoms with Gasteiger partial charge in [-0.15, -0.1) is 0 Å². The van der Waals surface area contributed by atoms with E-state index in [9.17, 15) is 4.79 Å². The lowest BCUT2D eigenvalue weighted by atomic mass is 9.99. The van der Waals surface area contributed by atoms with E-state index < -0.39 is 0 Å². The molecule has 1 atom stereocenters. The van der Waals surface area contributed by atoms with E-state index in [4.69, 9.17) is 4.74 Å². The maximum absolute atomic E-state index is 13.2. The smallest absolute Gasteiger partial charge is 0.338 e. The lowest BCUT2D eigenvalue weighted by Gasteiger charge is -2.38. The highest BCUT2D eigenvalue weighted by atomic mass is 16.5. The molecule has 0 amide bonds. The first-order chi connectivity index (χ1) is 16.2. The number of fused-ring (bicyclic) bond motifs is 1. The minimum atomic E-state index is -0.256. The first kappa shape index (κ1) is 24.4. The zero-order valence-electron chi connectivity index (χ0n) is 21.7. The molecule has 34 heavy (non-hydrogen) atoms. The SMILES string of the molecule is CCN1CCN(C(C)c2c(C)c(C(=O)OC(C)C)cc3c(-c4cc(C)nc(C)c4)ccn23)CC1. The Morgan fingerprint density at radius 3 is 2.26 bits per heavy atom. The van der Waals surface area contributed by atoms with Crippen LogP contribution in [0.3, 0.4) is 0 Å². The summed E-state index contributed by atoms with van der Waals surface area (Å²) in [5.74, 6) is -0.256. The van der Waals surface area contributed by atoms with Gasteiger partial charge in [-0.3, -0.25) is 9.88 Å². The van der Waals surface area contributed by atoms with Gasteiger partial charge in [-0.1, -0.05) is 6.92 Å². The van der Waals surface area contributed by atoms with Crippen LogP contribution in [-0.2, 0) is 4.74 Å². The maximum Gasteiger partial charge on any atom is 0.338 e. The van der Waals surface area contributed by atoms with E-state index in [0.29, 0.717) is 5.56 Å². The topological polar surface area (TPSA) is 50.1 Å². The standard InChI is InChI=1S/C28H38N4O2/c1-8-30-11-13-31(14-12-30)22(7)27-21(6)25(28(33)34-18(2)3)17-26-24(9-10-32(26)27)23-15-19(4)29-20(5)16-23/h9-10,15-18,22H,8,11-14H2,1-7H3. The van der Waals surface area contributed by atoms with Crippen LogP contribution in [0.1, 0.15) is 66.7 Å². The third kappa shape index (κ3) is 4.75. The van der Waals surface area contributed by atoms with Crippen molar-refractivity contribution in [1.29, 1.82) is 0 Å². The number of nitrogens with zero attached hydrogens (tertiary/aromatic N) is 4. The van der Waals surface area contributed by atoms with Crippen LogP contribution in [-0.4, -0.2) is 64.0 Å². The number of carbonyl (C=O) groups is 1. The Morgan fingerprint density at radius 2 is 1.68 bits per heavy atom. The molecule has 6 heteroatoms. The predicted molar refractivity (Wildman–Crippen MR) is 137 cm³/mol. The minimum Gasteiger partial charge on any atom is -0.459 e. The number of hydrogen-bond donors (Lipinski definition) is 0. The second kappa shape index (κ2) is 9.88. The van der Waals surface area contributed by atoms with E-state index in [-0.39, 0.29) is 18.1 Å². The van der Waals surface area contributed by atoms with Crippen molar-refractivity contribution in [2.24, 2.45) is 0 Å². The van der Waals surface area contributed by atoms with Crippen molar-refractivity contribution in [3.63, 3.8) is 0 Å². The molecule has 0 spiro atoms. The Bertz CT molecular complexity index is 1170. The fraction of sp³-hybridized carbons (Fsp3) is 0.500. The van der Waals surface area contributed by atoms with Gasteiger partial charge < -0.3 is 14.0 Å². The molecule has 4 rings (SSSR count). The van der Waals surface area contributed by atoms with Gasteiger partial charge in [-0.25, -0.2) is 4.79 Å². The molecule has 0 saturated carbocycles. The predicted octanol–water partition coefficient (Wildman–Crippen LogP) is 5.19. The van der Waals surface area contributed by atoms with Crippen LogP contribution < -0.4 is 0 Å². The quantitative estimate of drug-likeness (QED) is 0.472. The number of hydrogen-bond acceptors (Lipinski definition) is 5. The molecule has 1 saturated heterocycles. The summed E-state index contributed by atoms with van der Waals surface area (Å²) in [5, 5.41) is 0. The van der Waals surface area contributed by atoms with Crippen LogP contribution >= 0.6 is 0 Å². The summed E-state index contributed by atoms with van der Waals surface area (Å²) >= 11 is 0. The average molecular weight is 463 g/mol. The van der Waals surface area contributed by atoms with E-state index in [1.807, 2.05) is 33.8 Å². The Balaban J connectivity index is 1.87. The van der Waals surface area contributed by atoms with Gasteiger partial charge in [-0.2, -0.15) is 0 Å². The Morgan fingerprint density at radius 1 is 1.03 bits per heavy atom. The molecule has 1 aliphatic rings. The molecule has 182 valence electrons. The molecule has 4 heterocycles. The highest BCUT2D eigenvalue weighted by Crippen LogP contribution is 2.34. The van der Waals surface area contributed by atoms with Crippen molar-refractivity contribution in [1.82, 2.24) is 19.2 Å². The minimum absolute atomic E-state index is 0.164. The third-order valence-electron chi connectivity index (χ3n) is 7.01. The fourth-order valence-corrected chi connectivity index (χ4v) is 5.24. The molecule has 0 radical (unpaired) electrons. The number of aryl methyl sites for hydroxylation is 2. The highest BCUT2D eigenvalue weighted by Gasteiger charge is 2.27. The van der Waals surface area contributed by atoms with E-state index in [0.717, 1.165) is 72.0 Å². The molecule has 1 unspecified atom stereocenters. The van der Waals surface area contributed by atoms with Crippen LogP contribution in [0.25, 0.3) is 16.6 Å². The van der Waals surface area contributed by atoms with Crippen molar-refractivity contribution < 1.29 is 9.53 Å². The number of ether oxygens (including phenoxy) is 1. The fourth-order valence-electron chi connectivity index (χ4n) is 5.24. The first-order valence-corrected chi connectivity index (χ1v) is 12.5. The molecule has 3 aromatic heterocycles. The number of esters is 1. The normalized spacial score (nSPS) is 16.4. The Hall–Kier alpha value is -2.70. The molecule has 1 fully saturated rings. The van der Waals surface area contributed by atoms with Crippen LogP contribution in [0.5, 0.6) is 0 Å². The van der Waals surface area contributed by atoms with Crippen LogP contribution in [0.2, 0.25) is 0 Å². The van der Waals surface area contributed by atoms with E-state index in [1.54, 1.807) is 0 Å². The highest BCUT2D eigenvalue weighted by molar-refractivity contribution is 5.95. The lowest BCUT2D eigenvalue weighted by molar-refractivity contribution is 0.0376. The molecule has 0 aliphatic carbocycles. The zero-order valence-corrected chi connectivity index (χ0v) is 21.7. The number of likely N-dealkylation sites (N-methyl/N-ethyl adjacent to an activating group) is 1. The Kier molecular flexibility index (Phi) is 7.10. The van der Waals surface area contributed by atoms with Crippen molar-refractivity contribution in [3.8, 4) is 11.1 Å². The molecule has 0 bridgehead atoms. The number of piperazine rings is 1. The molecular formula is C28H38N4O2. The van der Waals surface area contributed by atoms with Gasteiger partial charge in [0.1, 0.15) is 0 Å². The second-order valence-electron chi connectivity index (χ2n) is 9.79. The van der Waals surface area contributed by atoms with E-state index >= 15 is 0 Å². The van der Waals surface area contributed by atoms with Gasteiger partial charge in [0.05, 0.1) is 17.2 Å². The van der Waals surface area contributed by atoms with Gasteiger partial charge in [-0.05, 0) is 83.5 Å². The summed E-state index contributed by atoms with van der Waals surface area (Å²) < 4.78 is 7.93. The summed E-state index contributed by atoms with van der Waals surface area (Å²) in [6.07, 6.45) is 1.98. The molecular weight excluding hydrogens is 424 g/mol. The first-order valence-electron chi connectivity index (χ1n) is 12.5. The largest absolute Gasteiger partial charge is 0.459 e. The van der Waals surface area contributed by atoms with E-state index in [2.05, 4.69) is 64.4 Å². The molecule has 3 aromatic rings. The average Bonchev–Trinajstić information content (AvgIpc) is 3.20. The second-order valence-corrected chi connectivity index (χ2v) is 9.79. The van der Waals surface area contributed by atoms with Crippen LogP contribution in [0.15, 0.2) is 30.5 Å². The molecule has 1 aliphatic heterocycles. The summed E-state index contributed by atoms with van der Waals surface area (Å²) in [4.78, 5) is 22.7. The van der Waals surface area contributed by atoms with Gasteiger partial charge in [0.15, 0.2) is 0 Å². The van der Waals surface area contributed by atoms with Gasteiger partial charge >= 0.3 is 5.97 Å². The van der Waals surface area contributed by atoms with Crippen LogP contribution in [0.4, 0.5) is 0 Å². The number of carbonyl (C=O) groups excluding carboxylic acids is 1. The van der Waals surface area contributed by atoms with Crippen molar-refractivity contribution in [2.45, 2.75) is 60.6 Å². The number of pyridine rings is 2. The lowest BCUT2D eigenvalue weighted by Crippen LogP contribution is -2.47. The van der Waals surface area contributed by atoms with Crippen LogP contribution in [0, 0.1) is 20.8 Å². The summed E-state index contributed by atoms with van der Waals surface area (Å²) in [7, 11) is 0. The number of aromatic nitrogens is 2. The van der Waals surface area contributed by atoms with Gasteiger partial charge in [0.2, 0.25) is 0 Å². The van der Waals surface area contributed by atoms with Gasteiger partial charge in [0.25, 0.3) is 0 Å². The summed E-state index contributed by atoms with van der Waals surface area (Å²) in [5.41, 5.74) is 8.04. The molecule has 0 N–H and O–H groups in total. The third-order valence-corrected chi connectivity index (χ3v) is 7.01. The molecule has 6 nitrogen and oxygen atoms in total. The van der Waals surface area contributed by atoms with Crippen molar-refractivity contribution >= 4 is 11.5 Å². The van der Waals surface area contributed by atoms with E-state index in [1.165, 1.54) is 0 Å². The van der Waals surface area contributed by atoms with Gasteiger partial charge in [0, 0.05) is 61.1 Å².